The summed E-state index contributed by atoms with van der Waals surface area (Å²) in [6, 6.07) is 20.1. The molecule has 2 aliphatic rings. The first-order chi connectivity index (χ1) is 17.8. The van der Waals surface area contributed by atoms with Crippen LogP contribution in [0.2, 0.25) is 0 Å². The second kappa shape index (κ2) is 11.3. The molecule has 2 aromatic rings. The number of fused-ring (bicyclic) bond motifs is 1. The van der Waals surface area contributed by atoms with Crippen LogP contribution in [0.3, 0.4) is 0 Å². The Morgan fingerprint density at radius 1 is 1.14 bits per heavy atom. The minimum atomic E-state index is -0.886. The lowest BCUT2D eigenvalue weighted by Crippen LogP contribution is -2.76. The summed E-state index contributed by atoms with van der Waals surface area (Å²) in [6.07, 6.45) is -0.771. The van der Waals surface area contributed by atoms with Gasteiger partial charge >= 0.3 is 6.03 Å². The molecule has 2 aromatic carbocycles. The fourth-order valence-electron chi connectivity index (χ4n) is 5.01. The highest BCUT2D eigenvalue weighted by Crippen LogP contribution is 2.30. The van der Waals surface area contributed by atoms with Crippen LogP contribution >= 0.6 is 0 Å². The molecule has 9 heteroatoms. The molecule has 0 aromatic heterocycles. The molecular formula is C28H32N6O3. The number of amides is 4. The molecule has 4 amide bonds. The molecule has 2 unspecified atom stereocenters. The van der Waals surface area contributed by atoms with Crippen molar-refractivity contribution in [3.05, 3.63) is 83.9 Å². The number of carbonyl (C=O) groups is 3. The summed E-state index contributed by atoms with van der Waals surface area (Å²) in [5.74, 6) is -0.486. The molecule has 9 nitrogen and oxygen atoms in total. The fourth-order valence-corrected chi connectivity index (χ4v) is 5.01. The second-order valence-electron chi connectivity index (χ2n) is 9.56. The molecule has 2 saturated heterocycles. The fraction of sp³-hybridized carbons (Fsp3) is 0.357. The zero-order valence-corrected chi connectivity index (χ0v) is 21.2. The molecule has 0 bridgehead atoms. The third-order valence-electron chi connectivity index (χ3n) is 6.80. The molecule has 0 spiro atoms. The van der Waals surface area contributed by atoms with E-state index in [0.29, 0.717) is 12.1 Å². The van der Waals surface area contributed by atoms with Crippen LogP contribution in [-0.2, 0) is 16.1 Å². The number of nitriles is 1. The largest absolute Gasteiger partial charge is 0.336 e. The van der Waals surface area contributed by atoms with E-state index < -0.39 is 18.2 Å². The van der Waals surface area contributed by atoms with Crippen molar-refractivity contribution in [2.24, 2.45) is 0 Å². The molecule has 192 valence electrons. The normalized spacial score (nSPS) is 20.7. The second-order valence-corrected chi connectivity index (χ2v) is 9.56. The van der Waals surface area contributed by atoms with Gasteiger partial charge in [-0.15, -0.1) is 0 Å². The molecular weight excluding hydrogens is 468 g/mol. The van der Waals surface area contributed by atoms with Gasteiger partial charge in [-0.2, -0.15) is 10.3 Å². The van der Waals surface area contributed by atoms with Crippen molar-refractivity contribution in [2.45, 2.75) is 38.5 Å². The van der Waals surface area contributed by atoms with Gasteiger partial charge in [-0.05, 0) is 29.5 Å². The Labute approximate surface area is 217 Å². The number of hydrazine groups is 1. The van der Waals surface area contributed by atoms with E-state index in [9.17, 15) is 19.6 Å². The lowest BCUT2D eigenvalue weighted by molar-refractivity contribution is -0.186. The van der Waals surface area contributed by atoms with Crippen LogP contribution in [0.25, 0.3) is 0 Å². The molecule has 2 aliphatic heterocycles. The van der Waals surface area contributed by atoms with E-state index in [1.807, 2.05) is 67.6 Å². The lowest BCUT2D eigenvalue weighted by Gasteiger charge is -2.55. The summed E-state index contributed by atoms with van der Waals surface area (Å²) >= 11 is 0. The summed E-state index contributed by atoms with van der Waals surface area (Å²) in [5.41, 5.74) is 2.54. The average Bonchev–Trinajstić information content (AvgIpc) is 2.89. The minimum absolute atomic E-state index is 0.0392. The number of urea groups is 1. The summed E-state index contributed by atoms with van der Waals surface area (Å²) in [6.45, 7) is 8.29. The molecule has 4 rings (SSSR count). The number of nitrogens with zero attached hydrogens (tertiary/aromatic N) is 5. The Morgan fingerprint density at radius 2 is 1.78 bits per heavy atom. The summed E-state index contributed by atoms with van der Waals surface area (Å²) in [4.78, 5) is 43.6. The predicted molar refractivity (Wildman–Crippen MR) is 138 cm³/mol. The first kappa shape index (κ1) is 25.9. The van der Waals surface area contributed by atoms with Gasteiger partial charge in [0.25, 0.3) is 0 Å². The number of benzene rings is 2. The number of piperazine rings is 1. The smallest absolute Gasteiger partial charge is 0.334 e. The van der Waals surface area contributed by atoms with Crippen molar-refractivity contribution in [3.8, 4) is 6.07 Å². The van der Waals surface area contributed by atoms with Crippen LogP contribution in [0.1, 0.15) is 30.9 Å². The van der Waals surface area contributed by atoms with Gasteiger partial charge < -0.3 is 15.1 Å². The van der Waals surface area contributed by atoms with E-state index in [1.165, 1.54) is 14.9 Å². The van der Waals surface area contributed by atoms with E-state index in [0.717, 1.165) is 11.1 Å². The minimum Gasteiger partial charge on any atom is -0.336 e. The van der Waals surface area contributed by atoms with Crippen LogP contribution in [0.5, 0.6) is 0 Å². The highest BCUT2D eigenvalue weighted by molar-refractivity contribution is 5.93. The molecule has 0 aliphatic carbocycles. The van der Waals surface area contributed by atoms with Crippen molar-refractivity contribution in [2.75, 3.05) is 26.2 Å². The van der Waals surface area contributed by atoms with Crippen LogP contribution in [0, 0.1) is 11.3 Å². The molecule has 1 N–H and O–H groups in total. The standard InChI is InChI=1S/C28H32N6O3/c1-20(2)26-27(36)31(17-21(3)23-12-8-5-9-13-23)18-24-33(26)25(35)19-32(15-14-29)34(24)28(37)30-16-22-10-6-4-7-11-22/h4-13,21,24,26H,1,15-19H2,2-3H3,(H,30,37)/t21?,24?,26-/m0/s1. The monoisotopic (exact) mass is 500 g/mol. The first-order valence-electron chi connectivity index (χ1n) is 12.3. The maximum Gasteiger partial charge on any atom is 0.334 e. The average molecular weight is 501 g/mol. The Morgan fingerprint density at radius 3 is 2.41 bits per heavy atom. The van der Waals surface area contributed by atoms with Crippen molar-refractivity contribution >= 4 is 17.8 Å². The highest BCUT2D eigenvalue weighted by Gasteiger charge is 2.51. The molecule has 0 radical (unpaired) electrons. The molecule has 2 fully saturated rings. The third-order valence-corrected chi connectivity index (χ3v) is 6.80. The number of hydrogen-bond acceptors (Lipinski definition) is 5. The quantitative estimate of drug-likeness (QED) is 0.466. The van der Waals surface area contributed by atoms with Gasteiger partial charge in [-0.25, -0.2) is 9.80 Å². The highest BCUT2D eigenvalue weighted by atomic mass is 16.2. The van der Waals surface area contributed by atoms with E-state index in [-0.39, 0.29) is 43.9 Å². The van der Waals surface area contributed by atoms with E-state index in [2.05, 4.69) is 18.0 Å². The molecule has 0 saturated carbocycles. The van der Waals surface area contributed by atoms with Crippen molar-refractivity contribution in [1.29, 1.82) is 5.26 Å². The van der Waals surface area contributed by atoms with Gasteiger partial charge in [0.1, 0.15) is 18.8 Å². The van der Waals surface area contributed by atoms with Crippen LogP contribution in [0.15, 0.2) is 72.8 Å². The van der Waals surface area contributed by atoms with Crippen LogP contribution < -0.4 is 5.32 Å². The zero-order chi connectivity index (χ0) is 26.5. The molecule has 2 heterocycles. The Kier molecular flexibility index (Phi) is 7.89. The van der Waals surface area contributed by atoms with E-state index in [4.69, 9.17) is 0 Å². The summed E-state index contributed by atoms with van der Waals surface area (Å²) < 4.78 is 0. The van der Waals surface area contributed by atoms with Gasteiger partial charge in [-0.1, -0.05) is 74.2 Å². The van der Waals surface area contributed by atoms with Gasteiger partial charge in [-0.3, -0.25) is 9.59 Å². The predicted octanol–water partition coefficient (Wildman–Crippen LogP) is 2.70. The van der Waals surface area contributed by atoms with Crippen molar-refractivity contribution < 1.29 is 14.4 Å². The summed E-state index contributed by atoms with van der Waals surface area (Å²) in [5, 5.41) is 15.2. The number of carbonyl (C=O) groups excluding carboxylic acids is 3. The SMILES string of the molecule is C=C(C)[C@H]1C(=O)N(CC(C)c2ccccc2)CC2N1C(=O)CN(CC#N)N2C(=O)NCc1ccccc1. The molecule has 3 atom stereocenters. The van der Waals surface area contributed by atoms with E-state index in [1.54, 1.807) is 11.8 Å². The van der Waals surface area contributed by atoms with Crippen LogP contribution in [-0.4, -0.2) is 76.0 Å². The summed E-state index contributed by atoms with van der Waals surface area (Å²) in [7, 11) is 0. The Balaban J connectivity index is 1.64. The third kappa shape index (κ3) is 5.49. The van der Waals surface area contributed by atoms with Crippen LogP contribution in [0.4, 0.5) is 4.79 Å². The van der Waals surface area contributed by atoms with Gasteiger partial charge in [0.05, 0.1) is 19.2 Å². The number of hydrogen-bond donors (Lipinski definition) is 1. The Hall–Kier alpha value is -4.16. The van der Waals surface area contributed by atoms with Crippen molar-refractivity contribution in [3.63, 3.8) is 0 Å². The first-order valence-corrected chi connectivity index (χ1v) is 12.3. The zero-order valence-electron chi connectivity index (χ0n) is 21.2. The number of rotatable bonds is 7. The van der Waals surface area contributed by atoms with Gasteiger partial charge in [0.15, 0.2) is 0 Å². The topological polar surface area (TPSA) is 100.0 Å². The maximum atomic E-state index is 13.6. The lowest BCUT2D eigenvalue weighted by atomic mass is 9.97. The van der Waals surface area contributed by atoms with Gasteiger partial charge in [0.2, 0.25) is 11.8 Å². The Bertz CT molecular complexity index is 1200. The van der Waals surface area contributed by atoms with Crippen molar-refractivity contribution in [1.82, 2.24) is 25.1 Å². The van der Waals surface area contributed by atoms with E-state index >= 15 is 0 Å². The maximum absolute atomic E-state index is 13.6. The van der Waals surface area contributed by atoms with Gasteiger partial charge in [0, 0.05) is 13.1 Å². The molecule has 37 heavy (non-hydrogen) atoms. The number of nitrogens with one attached hydrogen (secondary N) is 1.